The Labute approximate surface area is 187 Å². The van der Waals surface area contributed by atoms with Crippen LogP contribution in [0.4, 0.5) is 0 Å². The highest BCUT2D eigenvalue weighted by molar-refractivity contribution is 5.83. The molecule has 0 aliphatic carbocycles. The molecule has 0 saturated heterocycles. The van der Waals surface area contributed by atoms with Crippen LogP contribution in [0.25, 0.3) is 11.5 Å². The molecular weight excluding hydrogens is 408 g/mol. The van der Waals surface area contributed by atoms with Gasteiger partial charge in [-0.15, -0.1) is 0 Å². The number of carbonyl (C=O) groups is 2. The van der Waals surface area contributed by atoms with Gasteiger partial charge in [-0.2, -0.15) is 0 Å². The Kier molecular flexibility index (Phi) is 8.02. The van der Waals surface area contributed by atoms with Gasteiger partial charge in [-0.1, -0.05) is 30.3 Å². The number of hydrogen-bond acceptors (Lipinski definition) is 6. The molecule has 7 heteroatoms. The van der Waals surface area contributed by atoms with Gasteiger partial charge in [0.25, 0.3) is 0 Å². The Morgan fingerprint density at radius 1 is 1.09 bits per heavy atom. The minimum atomic E-state index is -0.715. The van der Waals surface area contributed by atoms with E-state index in [0.717, 1.165) is 22.6 Å². The number of carbonyl (C=O) groups excluding carboxylic acids is 2. The summed E-state index contributed by atoms with van der Waals surface area (Å²) in [6.45, 7) is 5.75. The molecule has 0 unspecified atom stereocenters. The third kappa shape index (κ3) is 6.44. The maximum Gasteiger partial charge on any atom is 0.328 e. The fraction of sp³-hybridized carbons (Fsp3) is 0.320. The van der Waals surface area contributed by atoms with Crippen molar-refractivity contribution in [1.29, 1.82) is 0 Å². The summed E-state index contributed by atoms with van der Waals surface area (Å²) in [6.07, 6.45) is 0.944. The van der Waals surface area contributed by atoms with Gasteiger partial charge in [-0.25, -0.2) is 9.78 Å². The van der Waals surface area contributed by atoms with Crippen molar-refractivity contribution in [3.63, 3.8) is 0 Å². The zero-order chi connectivity index (χ0) is 22.9. The summed E-state index contributed by atoms with van der Waals surface area (Å²) in [7, 11) is 0. The van der Waals surface area contributed by atoms with Gasteiger partial charge in [-0.05, 0) is 43.7 Å². The molecule has 0 spiro atoms. The molecule has 0 aliphatic rings. The quantitative estimate of drug-likeness (QED) is 0.485. The average Bonchev–Trinajstić information content (AvgIpc) is 3.15. The SMILES string of the molecule is CCOC(=O)[C@@H](Cc1ccc(OCCc2oc(-c3ccccc3)nc2C)cc1)NC(C)=O. The van der Waals surface area contributed by atoms with E-state index in [1.807, 2.05) is 61.5 Å². The molecule has 1 amide bonds. The van der Waals surface area contributed by atoms with E-state index in [2.05, 4.69) is 10.3 Å². The molecule has 2 aromatic carbocycles. The smallest absolute Gasteiger partial charge is 0.328 e. The molecule has 1 atom stereocenters. The molecule has 3 rings (SSSR count). The molecule has 0 radical (unpaired) electrons. The maximum atomic E-state index is 12.1. The Morgan fingerprint density at radius 3 is 2.47 bits per heavy atom. The summed E-state index contributed by atoms with van der Waals surface area (Å²) < 4.78 is 16.8. The van der Waals surface area contributed by atoms with Crippen molar-refractivity contribution < 1.29 is 23.5 Å². The van der Waals surface area contributed by atoms with Crippen molar-refractivity contribution in [1.82, 2.24) is 10.3 Å². The first-order valence-corrected chi connectivity index (χ1v) is 10.6. The first kappa shape index (κ1) is 23.1. The largest absolute Gasteiger partial charge is 0.493 e. The van der Waals surface area contributed by atoms with Crippen LogP contribution in [0.1, 0.15) is 30.9 Å². The highest BCUT2D eigenvalue weighted by atomic mass is 16.5. The molecule has 3 aromatic rings. The summed E-state index contributed by atoms with van der Waals surface area (Å²) in [4.78, 5) is 28.0. The lowest BCUT2D eigenvalue weighted by Gasteiger charge is -2.16. The number of nitrogens with one attached hydrogen (secondary N) is 1. The van der Waals surface area contributed by atoms with E-state index in [4.69, 9.17) is 13.9 Å². The topological polar surface area (TPSA) is 90.7 Å². The molecule has 0 fully saturated rings. The van der Waals surface area contributed by atoms with Gasteiger partial charge < -0.3 is 19.2 Å². The third-order valence-corrected chi connectivity index (χ3v) is 4.82. The van der Waals surface area contributed by atoms with Crippen LogP contribution in [-0.4, -0.2) is 36.1 Å². The van der Waals surface area contributed by atoms with E-state index in [-0.39, 0.29) is 12.5 Å². The predicted molar refractivity (Wildman–Crippen MR) is 120 cm³/mol. The second-order valence-electron chi connectivity index (χ2n) is 7.35. The fourth-order valence-electron chi connectivity index (χ4n) is 3.26. The molecule has 32 heavy (non-hydrogen) atoms. The number of aryl methyl sites for hydroxylation is 1. The van der Waals surface area contributed by atoms with Crippen molar-refractivity contribution >= 4 is 11.9 Å². The van der Waals surface area contributed by atoms with Gasteiger partial charge in [-0.3, -0.25) is 4.79 Å². The van der Waals surface area contributed by atoms with Crippen molar-refractivity contribution in [2.24, 2.45) is 0 Å². The van der Waals surface area contributed by atoms with Gasteiger partial charge in [0.1, 0.15) is 17.6 Å². The molecule has 168 valence electrons. The number of hydrogen-bond donors (Lipinski definition) is 1. The van der Waals surface area contributed by atoms with Crippen LogP contribution >= 0.6 is 0 Å². The summed E-state index contributed by atoms with van der Waals surface area (Å²) in [5, 5.41) is 2.64. The van der Waals surface area contributed by atoms with Crippen LogP contribution in [0.3, 0.4) is 0 Å². The Hall–Kier alpha value is -3.61. The summed E-state index contributed by atoms with van der Waals surface area (Å²) >= 11 is 0. The molecule has 1 aromatic heterocycles. The second-order valence-corrected chi connectivity index (χ2v) is 7.35. The standard InChI is InChI=1S/C25H28N2O5/c1-4-30-25(29)22(27-18(3)28)16-19-10-12-21(13-11-19)31-15-14-23-17(2)26-24(32-23)20-8-6-5-7-9-20/h5-13,22H,4,14-16H2,1-3H3,(H,27,28)/t22-/m1/s1. The Morgan fingerprint density at radius 2 is 1.81 bits per heavy atom. The summed E-state index contributed by atoms with van der Waals surface area (Å²) in [6, 6.07) is 16.5. The number of rotatable bonds is 10. The molecular formula is C25H28N2O5. The highest BCUT2D eigenvalue weighted by Gasteiger charge is 2.21. The maximum absolute atomic E-state index is 12.1. The monoisotopic (exact) mass is 436 g/mol. The van der Waals surface area contributed by atoms with Crippen molar-refractivity contribution in [3.8, 4) is 17.2 Å². The minimum absolute atomic E-state index is 0.263. The zero-order valence-corrected chi connectivity index (χ0v) is 18.6. The van der Waals surface area contributed by atoms with E-state index in [1.165, 1.54) is 6.92 Å². The average molecular weight is 437 g/mol. The van der Waals surface area contributed by atoms with Gasteiger partial charge in [0, 0.05) is 25.3 Å². The van der Waals surface area contributed by atoms with Crippen molar-refractivity contribution in [3.05, 3.63) is 71.6 Å². The predicted octanol–water partition coefficient (Wildman–Crippen LogP) is 3.88. The van der Waals surface area contributed by atoms with E-state index in [9.17, 15) is 9.59 Å². The molecule has 1 N–H and O–H groups in total. The number of ether oxygens (including phenoxy) is 2. The number of benzene rings is 2. The summed E-state index contributed by atoms with van der Waals surface area (Å²) in [5.41, 5.74) is 2.69. The third-order valence-electron chi connectivity index (χ3n) is 4.82. The Balaban J connectivity index is 1.54. The lowest BCUT2D eigenvalue weighted by atomic mass is 10.1. The minimum Gasteiger partial charge on any atom is -0.493 e. The van der Waals surface area contributed by atoms with E-state index in [0.29, 0.717) is 31.1 Å². The molecule has 7 nitrogen and oxygen atoms in total. The molecule has 0 saturated carbocycles. The highest BCUT2D eigenvalue weighted by Crippen LogP contribution is 2.22. The summed E-state index contributed by atoms with van der Waals surface area (Å²) in [5.74, 6) is 1.40. The van der Waals surface area contributed by atoms with Gasteiger partial charge in [0.15, 0.2) is 0 Å². The Bertz CT molecular complexity index is 1030. The number of oxazole rings is 1. The number of amides is 1. The fourth-order valence-corrected chi connectivity index (χ4v) is 3.26. The van der Waals surface area contributed by atoms with E-state index < -0.39 is 12.0 Å². The van der Waals surface area contributed by atoms with Gasteiger partial charge >= 0.3 is 5.97 Å². The van der Waals surface area contributed by atoms with Crippen LogP contribution in [0.5, 0.6) is 5.75 Å². The van der Waals surface area contributed by atoms with E-state index >= 15 is 0 Å². The van der Waals surface area contributed by atoms with Crippen molar-refractivity contribution in [2.45, 2.75) is 39.7 Å². The molecule has 0 aliphatic heterocycles. The van der Waals surface area contributed by atoms with Crippen LogP contribution < -0.4 is 10.1 Å². The molecule has 0 bridgehead atoms. The van der Waals surface area contributed by atoms with Crippen LogP contribution in [0, 0.1) is 6.92 Å². The molecule has 1 heterocycles. The number of esters is 1. The van der Waals surface area contributed by atoms with Crippen LogP contribution in [-0.2, 0) is 27.2 Å². The normalized spacial score (nSPS) is 11.6. The van der Waals surface area contributed by atoms with Gasteiger partial charge in [0.2, 0.25) is 11.8 Å². The van der Waals surface area contributed by atoms with E-state index in [1.54, 1.807) is 6.92 Å². The van der Waals surface area contributed by atoms with Crippen LogP contribution in [0.2, 0.25) is 0 Å². The van der Waals surface area contributed by atoms with Gasteiger partial charge in [0.05, 0.1) is 18.9 Å². The first-order valence-electron chi connectivity index (χ1n) is 10.6. The second kappa shape index (κ2) is 11.1. The first-order chi connectivity index (χ1) is 15.5. The van der Waals surface area contributed by atoms with Crippen LogP contribution in [0.15, 0.2) is 59.0 Å². The van der Waals surface area contributed by atoms with Crippen molar-refractivity contribution in [2.75, 3.05) is 13.2 Å². The zero-order valence-electron chi connectivity index (χ0n) is 18.6. The number of nitrogens with zero attached hydrogens (tertiary/aromatic N) is 1. The lowest BCUT2D eigenvalue weighted by Crippen LogP contribution is -2.42. The number of aromatic nitrogens is 1. The lowest BCUT2D eigenvalue weighted by molar-refractivity contribution is -0.147.